The topological polar surface area (TPSA) is 57.0 Å². The summed E-state index contributed by atoms with van der Waals surface area (Å²) < 4.78 is 6.99. The summed E-state index contributed by atoms with van der Waals surface area (Å²) >= 11 is 0. The van der Waals surface area contributed by atoms with E-state index in [1.165, 1.54) is 10.7 Å². The maximum atomic E-state index is 11.9. The van der Waals surface area contributed by atoms with E-state index >= 15 is 0 Å². The van der Waals surface area contributed by atoms with Crippen LogP contribution < -0.4 is 10.3 Å². The van der Waals surface area contributed by atoms with Gasteiger partial charge in [0.1, 0.15) is 18.1 Å². The van der Waals surface area contributed by atoms with Crippen molar-refractivity contribution in [3.05, 3.63) is 77.2 Å². The van der Waals surface area contributed by atoms with E-state index in [2.05, 4.69) is 10.1 Å². The minimum atomic E-state index is -0.156. The smallest absolute Gasteiger partial charge is 0.266 e. The fourth-order valence-electron chi connectivity index (χ4n) is 2.03. The molecule has 0 bridgehead atoms. The molecular formula is C17H15N3O2. The number of ether oxygens (including phenoxy) is 1. The lowest BCUT2D eigenvalue weighted by Gasteiger charge is -2.08. The van der Waals surface area contributed by atoms with Gasteiger partial charge in [0.05, 0.1) is 12.2 Å². The van der Waals surface area contributed by atoms with Crippen molar-refractivity contribution < 1.29 is 4.74 Å². The van der Waals surface area contributed by atoms with E-state index in [0.717, 1.165) is 11.4 Å². The highest BCUT2D eigenvalue weighted by Gasteiger charge is 2.04. The number of hydrogen-bond acceptors (Lipinski definition) is 4. The molecular weight excluding hydrogens is 278 g/mol. The standard InChI is InChI=1S/C17H15N3O2/c21-17-10-9-16(15-8-4-5-11-18-15)19-20(17)12-13-22-14-6-2-1-3-7-14/h1-11H,12-13H2. The van der Waals surface area contributed by atoms with Crippen molar-refractivity contribution in [2.75, 3.05) is 6.61 Å². The van der Waals surface area contributed by atoms with Crippen LogP contribution in [0, 0.1) is 0 Å². The van der Waals surface area contributed by atoms with Gasteiger partial charge in [-0.3, -0.25) is 9.78 Å². The van der Waals surface area contributed by atoms with Gasteiger partial charge in [0.2, 0.25) is 0 Å². The molecule has 0 aliphatic heterocycles. The van der Waals surface area contributed by atoms with Crippen LogP contribution in [-0.4, -0.2) is 21.4 Å². The Bertz CT molecular complexity index is 786. The molecule has 5 heteroatoms. The Balaban J connectivity index is 1.72. The van der Waals surface area contributed by atoms with Crippen LogP contribution >= 0.6 is 0 Å². The molecule has 2 aromatic heterocycles. The second-order valence-corrected chi connectivity index (χ2v) is 4.66. The molecule has 0 spiro atoms. The Hall–Kier alpha value is -2.95. The lowest BCUT2D eigenvalue weighted by Crippen LogP contribution is -2.25. The van der Waals surface area contributed by atoms with Crippen LogP contribution in [0.25, 0.3) is 11.4 Å². The normalized spacial score (nSPS) is 10.4. The molecule has 0 aliphatic carbocycles. The van der Waals surface area contributed by atoms with E-state index in [4.69, 9.17) is 4.74 Å². The molecule has 22 heavy (non-hydrogen) atoms. The van der Waals surface area contributed by atoms with Crippen LogP contribution in [0.2, 0.25) is 0 Å². The van der Waals surface area contributed by atoms with Gasteiger partial charge in [-0.2, -0.15) is 5.10 Å². The highest BCUT2D eigenvalue weighted by molar-refractivity contribution is 5.52. The maximum absolute atomic E-state index is 11.9. The minimum absolute atomic E-state index is 0.156. The molecule has 0 amide bonds. The van der Waals surface area contributed by atoms with Crippen molar-refractivity contribution in [1.82, 2.24) is 14.8 Å². The van der Waals surface area contributed by atoms with Crippen molar-refractivity contribution in [2.24, 2.45) is 0 Å². The van der Waals surface area contributed by atoms with Crippen molar-refractivity contribution in [2.45, 2.75) is 6.54 Å². The molecule has 5 nitrogen and oxygen atoms in total. The van der Waals surface area contributed by atoms with Crippen LogP contribution in [0.15, 0.2) is 71.7 Å². The fraction of sp³-hybridized carbons (Fsp3) is 0.118. The lowest BCUT2D eigenvalue weighted by molar-refractivity contribution is 0.288. The van der Waals surface area contributed by atoms with Crippen LogP contribution in [-0.2, 0) is 6.54 Å². The highest BCUT2D eigenvalue weighted by Crippen LogP contribution is 2.11. The fourth-order valence-corrected chi connectivity index (χ4v) is 2.03. The summed E-state index contributed by atoms with van der Waals surface area (Å²) in [6, 6.07) is 18.3. The molecule has 0 fully saturated rings. The van der Waals surface area contributed by atoms with Crippen molar-refractivity contribution in [3.8, 4) is 17.1 Å². The minimum Gasteiger partial charge on any atom is -0.492 e. The van der Waals surface area contributed by atoms with Crippen LogP contribution in [0.4, 0.5) is 0 Å². The second kappa shape index (κ2) is 6.67. The van der Waals surface area contributed by atoms with E-state index in [1.54, 1.807) is 12.3 Å². The molecule has 0 unspecified atom stereocenters. The maximum Gasteiger partial charge on any atom is 0.266 e. The third-order valence-electron chi connectivity index (χ3n) is 3.11. The van der Waals surface area contributed by atoms with E-state index in [-0.39, 0.29) is 5.56 Å². The monoisotopic (exact) mass is 293 g/mol. The average Bonchev–Trinajstić information content (AvgIpc) is 2.58. The van der Waals surface area contributed by atoms with Gasteiger partial charge in [0.25, 0.3) is 5.56 Å². The van der Waals surface area contributed by atoms with E-state index in [9.17, 15) is 4.79 Å². The molecule has 3 rings (SSSR count). The molecule has 0 radical (unpaired) electrons. The summed E-state index contributed by atoms with van der Waals surface area (Å²) in [5.74, 6) is 0.774. The Morgan fingerprint density at radius 1 is 0.909 bits per heavy atom. The first-order valence-corrected chi connectivity index (χ1v) is 7.00. The Kier molecular flexibility index (Phi) is 4.25. The number of rotatable bonds is 5. The first kappa shape index (κ1) is 14.0. The Morgan fingerprint density at radius 2 is 1.73 bits per heavy atom. The summed E-state index contributed by atoms with van der Waals surface area (Å²) in [4.78, 5) is 16.1. The first-order chi connectivity index (χ1) is 10.8. The number of aromatic nitrogens is 3. The van der Waals surface area contributed by atoms with E-state index < -0.39 is 0 Å². The van der Waals surface area contributed by atoms with Crippen molar-refractivity contribution in [1.29, 1.82) is 0 Å². The molecule has 0 atom stereocenters. The largest absolute Gasteiger partial charge is 0.492 e. The summed E-state index contributed by atoms with van der Waals surface area (Å²) in [7, 11) is 0. The zero-order valence-corrected chi connectivity index (χ0v) is 11.9. The van der Waals surface area contributed by atoms with Gasteiger partial charge in [-0.15, -0.1) is 0 Å². The summed E-state index contributed by atoms with van der Waals surface area (Å²) in [5, 5.41) is 4.34. The highest BCUT2D eigenvalue weighted by atomic mass is 16.5. The number of hydrogen-bond donors (Lipinski definition) is 0. The van der Waals surface area contributed by atoms with Crippen LogP contribution in [0.5, 0.6) is 5.75 Å². The molecule has 0 N–H and O–H groups in total. The number of para-hydroxylation sites is 1. The third-order valence-corrected chi connectivity index (χ3v) is 3.11. The van der Waals surface area contributed by atoms with Crippen molar-refractivity contribution >= 4 is 0 Å². The van der Waals surface area contributed by atoms with Crippen LogP contribution in [0.3, 0.4) is 0 Å². The lowest BCUT2D eigenvalue weighted by atomic mass is 10.2. The Labute approximate surface area is 127 Å². The van der Waals surface area contributed by atoms with Gasteiger partial charge in [0.15, 0.2) is 0 Å². The molecule has 110 valence electrons. The summed E-state index contributed by atoms with van der Waals surface area (Å²) in [6.45, 7) is 0.761. The number of benzene rings is 1. The summed E-state index contributed by atoms with van der Waals surface area (Å²) in [5.41, 5.74) is 1.25. The van der Waals surface area contributed by atoms with E-state index in [0.29, 0.717) is 18.8 Å². The van der Waals surface area contributed by atoms with E-state index in [1.807, 2.05) is 48.5 Å². The van der Waals surface area contributed by atoms with Gasteiger partial charge >= 0.3 is 0 Å². The van der Waals surface area contributed by atoms with Gasteiger partial charge in [-0.05, 0) is 30.3 Å². The quantitative estimate of drug-likeness (QED) is 0.724. The number of nitrogens with zero attached hydrogens (tertiary/aromatic N) is 3. The third kappa shape index (κ3) is 3.38. The first-order valence-electron chi connectivity index (χ1n) is 7.00. The SMILES string of the molecule is O=c1ccc(-c2ccccn2)nn1CCOc1ccccc1. The van der Waals surface area contributed by atoms with Gasteiger partial charge in [-0.1, -0.05) is 24.3 Å². The average molecular weight is 293 g/mol. The Morgan fingerprint density at radius 3 is 2.50 bits per heavy atom. The molecule has 1 aromatic carbocycles. The second-order valence-electron chi connectivity index (χ2n) is 4.66. The zero-order chi connectivity index (χ0) is 15.2. The number of pyridine rings is 1. The molecule has 3 aromatic rings. The van der Waals surface area contributed by atoms with Gasteiger partial charge in [0, 0.05) is 12.3 Å². The molecule has 0 aliphatic rings. The predicted molar refractivity (Wildman–Crippen MR) is 83.7 cm³/mol. The van der Waals surface area contributed by atoms with Gasteiger partial charge in [-0.25, -0.2) is 4.68 Å². The molecule has 0 saturated carbocycles. The van der Waals surface area contributed by atoms with Crippen molar-refractivity contribution in [3.63, 3.8) is 0 Å². The predicted octanol–water partition coefficient (Wildman–Crippen LogP) is 2.38. The van der Waals surface area contributed by atoms with Crippen LogP contribution in [0.1, 0.15) is 0 Å². The molecule has 2 heterocycles. The zero-order valence-electron chi connectivity index (χ0n) is 11.9. The molecule has 0 saturated heterocycles. The summed E-state index contributed by atoms with van der Waals surface area (Å²) in [6.07, 6.45) is 1.70. The van der Waals surface area contributed by atoms with Gasteiger partial charge < -0.3 is 4.74 Å².